The minimum atomic E-state index is -0.619. The zero-order valence-corrected chi connectivity index (χ0v) is 10.1. The molecular weight excluding hydrogens is 228 g/mol. The lowest BCUT2D eigenvalue weighted by Gasteiger charge is -2.16. The van der Waals surface area contributed by atoms with Crippen molar-refractivity contribution in [2.24, 2.45) is 5.92 Å². The van der Waals surface area contributed by atoms with Crippen molar-refractivity contribution < 1.29 is 14.6 Å². The summed E-state index contributed by atoms with van der Waals surface area (Å²) in [6.07, 6.45) is 0.844. The van der Waals surface area contributed by atoms with Gasteiger partial charge in [0.05, 0.1) is 5.56 Å². The Morgan fingerprint density at radius 1 is 1.44 bits per heavy atom. The SMILES string of the molecule is CCC(C)C(Cl)OC(=O)c1ccc(O)cc1. The quantitative estimate of drug-likeness (QED) is 0.652. The molecule has 0 spiro atoms. The number of hydrogen-bond acceptors (Lipinski definition) is 3. The number of rotatable bonds is 4. The third kappa shape index (κ3) is 3.42. The second-order valence-electron chi connectivity index (χ2n) is 3.69. The Morgan fingerprint density at radius 3 is 2.50 bits per heavy atom. The Kier molecular flexibility index (Phi) is 4.62. The molecule has 0 fully saturated rings. The fourth-order valence-electron chi connectivity index (χ4n) is 1.07. The number of benzene rings is 1. The minimum Gasteiger partial charge on any atom is -0.508 e. The van der Waals surface area contributed by atoms with Gasteiger partial charge in [-0.25, -0.2) is 4.79 Å². The lowest BCUT2D eigenvalue weighted by Crippen LogP contribution is -2.19. The van der Waals surface area contributed by atoms with Gasteiger partial charge in [-0.15, -0.1) is 0 Å². The molecule has 0 aliphatic heterocycles. The van der Waals surface area contributed by atoms with Gasteiger partial charge in [-0.3, -0.25) is 0 Å². The van der Waals surface area contributed by atoms with Crippen molar-refractivity contribution in [3.63, 3.8) is 0 Å². The van der Waals surface area contributed by atoms with E-state index in [9.17, 15) is 4.79 Å². The molecule has 0 amide bonds. The predicted molar refractivity (Wildman–Crippen MR) is 62.6 cm³/mol. The molecule has 1 rings (SSSR count). The number of phenols is 1. The van der Waals surface area contributed by atoms with Crippen molar-refractivity contribution >= 4 is 17.6 Å². The van der Waals surface area contributed by atoms with E-state index >= 15 is 0 Å². The van der Waals surface area contributed by atoms with Gasteiger partial charge < -0.3 is 9.84 Å². The van der Waals surface area contributed by atoms with E-state index in [2.05, 4.69) is 0 Å². The summed E-state index contributed by atoms with van der Waals surface area (Å²) >= 11 is 5.92. The lowest BCUT2D eigenvalue weighted by molar-refractivity contribution is 0.0363. The van der Waals surface area contributed by atoms with Gasteiger partial charge in [0.1, 0.15) is 5.75 Å². The molecular formula is C12H15ClO3. The van der Waals surface area contributed by atoms with Crippen molar-refractivity contribution in [3.8, 4) is 5.75 Å². The molecule has 1 aromatic carbocycles. The van der Waals surface area contributed by atoms with Crippen LogP contribution in [0.1, 0.15) is 30.6 Å². The summed E-state index contributed by atoms with van der Waals surface area (Å²) in [5, 5.41) is 9.07. The number of carbonyl (C=O) groups is 1. The maximum Gasteiger partial charge on any atom is 0.339 e. The Hall–Kier alpha value is -1.22. The summed E-state index contributed by atoms with van der Waals surface area (Å²) in [5.41, 5.74) is -0.238. The predicted octanol–water partition coefficient (Wildman–Crippen LogP) is 3.16. The average Bonchev–Trinajstić information content (AvgIpc) is 2.28. The van der Waals surface area contributed by atoms with Crippen LogP contribution in [0.4, 0.5) is 0 Å². The van der Waals surface area contributed by atoms with E-state index < -0.39 is 11.5 Å². The zero-order valence-electron chi connectivity index (χ0n) is 9.31. The summed E-state index contributed by atoms with van der Waals surface area (Å²) < 4.78 is 5.07. The fourth-order valence-corrected chi connectivity index (χ4v) is 1.33. The number of hydrogen-bond donors (Lipinski definition) is 1. The monoisotopic (exact) mass is 242 g/mol. The molecule has 3 nitrogen and oxygen atoms in total. The van der Waals surface area contributed by atoms with Gasteiger partial charge >= 0.3 is 5.97 Å². The summed E-state index contributed by atoms with van der Waals surface area (Å²) in [7, 11) is 0. The molecule has 0 heterocycles. The largest absolute Gasteiger partial charge is 0.508 e. The molecule has 0 bridgehead atoms. The fraction of sp³-hybridized carbons (Fsp3) is 0.417. The first-order valence-corrected chi connectivity index (χ1v) is 5.62. The minimum absolute atomic E-state index is 0.112. The molecule has 1 aromatic rings. The summed E-state index contributed by atoms with van der Waals surface area (Å²) in [6, 6.07) is 5.86. The van der Waals surface area contributed by atoms with Crippen LogP contribution in [-0.4, -0.2) is 16.6 Å². The zero-order chi connectivity index (χ0) is 12.1. The van der Waals surface area contributed by atoms with Crippen molar-refractivity contribution in [2.45, 2.75) is 25.8 Å². The lowest BCUT2D eigenvalue weighted by atomic mass is 10.1. The third-order valence-corrected chi connectivity index (χ3v) is 2.93. The van der Waals surface area contributed by atoms with Gasteiger partial charge in [-0.1, -0.05) is 25.4 Å². The van der Waals surface area contributed by atoms with Crippen LogP contribution < -0.4 is 0 Å². The average molecular weight is 243 g/mol. The van der Waals surface area contributed by atoms with Crippen LogP contribution in [0.2, 0.25) is 0 Å². The summed E-state index contributed by atoms with van der Waals surface area (Å²) in [5.74, 6) is -0.246. The molecule has 4 heteroatoms. The smallest absolute Gasteiger partial charge is 0.339 e. The highest BCUT2D eigenvalue weighted by molar-refractivity contribution is 6.20. The van der Waals surface area contributed by atoms with Crippen LogP contribution in [0.5, 0.6) is 5.75 Å². The van der Waals surface area contributed by atoms with Gasteiger partial charge in [0.15, 0.2) is 5.56 Å². The molecule has 0 aliphatic carbocycles. The van der Waals surface area contributed by atoms with E-state index in [1.807, 2.05) is 13.8 Å². The normalized spacial score (nSPS) is 14.2. The van der Waals surface area contributed by atoms with Gasteiger partial charge in [-0.05, 0) is 30.7 Å². The molecule has 0 saturated heterocycles. The second kappa shape index (κ2) is 5.75. The molecule has 0 aliphatic rings. The van der Waals surface area contributed by atoms with E-state index in [-0.39, 0.29) is 11.7 Å². The van der Waals surface area contributed by atoms with E-state index in [1.165, 1.54) is 24.3 Å². The summed E-state index contributed by atoms with van der Waals surface area (Å²) in [4.78, 5) is 11.6. The van der Waals surface area contributed by atoms with E-state index in [1.54, 1.807) is 0 Å². The maximum atomic E-state index is 11.6. The number of aromatic hydroxyl groups is 1. The number of ether oxygens (including phenoxy) is 1. The molecule has 0 saturated carbocycles. The van der Waals surface area contributed by atoms with Crippen molar-refractivity contribution in [1.82, 2.24) is 0 Å². The first kappa shape index (κ1) is 12.8. The van der Waals surface area contributed by atoms with Crippen LogP contribution in [0.15, 0.2) is 24.3 Å². The Morgan fingerprint density at radius 2 is 2.00 bits per heavy atom. The highest BCUT2D eigenvalue weighted by Crippen LogP contribution is 2.18. The van der Waals surface area contributed by atoms with E-state index in [4.69, 9.17) is 21.4 Å². The molecule has 2 atom stereocenters. The molecule has 16 heavy (non-hydrogen) atoms. The van der Waals surface area contributed by atoms with Gasteiger partial charge in [0, 0.05) is 5.92 Å². The molecule has 88 valence electrons. The van der Waals surface area contributed by atoms with Crippen LogP contribution in [0, 0.1) is 5.92 Å². The molecule has 0 aromatic heterocycles. The Balaban J connectivity index is 2.62. The van der Waals surface area contributed by atoms with E-state index in [0.29, 0.717) is 5.56 Å². The maximum absolute atomic E-state index is 11.6. The highest BCUT2D eigenvalue weighted by atomic mass is 35.5. The van der Waals surface area contributed by atoms with Crippen molar-refractivity contribution in [1.29, 1.82) is 0 Å². The Bertz CT molecular complexity index is 348. The highest BCUT2D eigenvalue weighted by Gasteiger charge is 2.18. The number of esters is 1. The van der Waals surface area contributed by atoms with Crippen molar-refractivity contribution in [3.05, 3.63) is 29.8 Å². The van der Waals surface area contributed by atoms with Crippen LogP contribution in [0.3, 0.4) is 0 Å². The van der Waals surface area contributed by atoms with Crippen LogP contribution >= 0.6 is 11.6 Å². The van der Waals surface area contributed by atoms with Gasteiger partial charge in [-0.2, -0.15) is 0 Å². The molecule has 0 radical (unpaired) electrons. The number of carbonyl (C=O) groups excluding carboxylic acids is 1. The molecule has 2 unspecified atom stereocenters. The molecule has 1 N–H and O–H groups in total. The van der Waals surface area contributed by atoms with Gasteiger partial charge in [0.2, 0.25) is 0 Å². The topological polar surface area (TPSA) is 46.5 Å². The van der Waals surface area contributed by atoms with Crippen LogP contribution in [0.25, 0.3) is 0 Å². The standard InChI is InChI=1S/C12H15ClO3/c1-3-8(2)11(13)16-12(15)9-4-6-10(14)7-5-9/h4-8,11,14H,3H2,1-2H3. The van der Waals surface area contributed by atoms with Gasteiger partial charge in [0.25, 0.3) is 0 Å². The number of alkyl halides is 1. The number of phenolic OH excluding ortho intramolecular Hbond substituents is 1. The Labute approximate surface area is 100.0 Å². The first-order valence-electron chi connectivity index (χ1n) is 5.18. The van der Waals surface area contributed by atoms with Crippen LogP contribution in [-0.2, 0) is 4.74 Å². The summed E-state index contributed by atoms with van der Waals surface area (Å²) in [6.45, 7) is 3.90. The van der Waals surface area contributed by atoms with Crippen molar-refractivity contribution in [2.75, 3.05) is 0 Å². The second-order valence-corrected chi connectivity index (χ2v) is 4.12. The first-order chi connectivity index (χ1) is 7.54. The number of halogens is 1. The third-order valence-electron chi connectivity index (χ3n) is 2.41. The van der Waals surface area contributed by atoms with E-state index in [0.717, 1.165) is 6.42 Å².